The molecule has 1 aromatic heterocycles. The summed E-state index contributed by atoms with van der Waals surface area (Å²) in [5.74, 6) is 0.728. The summed E-state index contributed by atoms with van der Waals surface area (Å²) in [6, 6.07) is 1.89. The predicted octanol–water partition coefficient (Wildman–Crippen LogP) is 3.15. The van der Waals surface area contributed by atoms with Crippen molar-refractivity contribution < 1.29 is 9.59 Å². The summed E-state index contributed by atoms with van der Waals surface area (Å²) in [6.45, 7) is 6.30. The number of nitrogens with zero attached hydrogens (tertiary/aromatic N) is 1. The van der Waals surface area contributed by atoms with Crippen molar-refractivity contribution >= 4 is 29.0 Å². The van der Waals surface area contributed by atoms with Gasteiger partial charge in [-0.25, -0.2) is 4.79 Å². The number of carbonyl (C=O) groups is 2. The van der Waals surface area contributed by atoms with Gasteiger partial charge >= 0.3 is 6.03 Å². The topological polar surface area (TPSA) is 61.4 Å². The van der Waals surface area contributed by atoms with E-state index in [0.717, 1.165) is 25.1 Å². The molecule has 2 rings (SSSR count). The number of thiophene rings is 1. The Balaban J connectivity index is 1.77. The average molecular weight is 323 g/mol. The molecule has 0 radical (unpaired) electrons. The lowest BCUT2D eigenvalue weighted by Crippen LogP contribution is -2.46. The highest BCUT2D eigenvalue weighted by Crippen LogP contribution is 2.21. The summed E-state index contributed by atoms with van der Waals surface area (Å²) in [6.07, 6.45) is 2.44. The van der Waals surface area contributed by atoms with E-state index in [0.29, 0.717) is 25.4 Å². The van der Waals surface area contributed by atoms with E-state index in [4.69, 9.17) is 0 Å². The van der Waals surface area contributed by atoms with Gasteiger partial charge in [-0.2, -0.15) is 11.3 Å². The first-order valence-electron chi connectivity index (χ1n) is 7.89. The summed E-state index contributed by atoms with van der Waals surface area (Å²) in [5, 5.41) is 9.72. The van der Waals surface area contributed by atoms with Crippen molar-refractivity contribution in [3.05, 3.63) is 16.8 Å². The number of hydrogen-bond donors (Lipinski definition) is 2. The Bertz CT molecular complexity index is 488. The van der Waals surface area contributed by atoms with E-state index in [1.54, 1.807) is 11.3 Å². The maximum atomic E-state index is 12.1. The van der Waals surface area contributed by atoms with Crippen LogP contribution < -0.4 is 10.6 Å². The van der Waals surface area contributed by atoms with Crippen LogP contribution in [0.3, 0.4) is 0 Å². The number of amides is 3. The molecule has 0 aliphatic carbocycles. The molecule has 5 nitrogen and oxygen atoms in total. The van der Waals surface area contributed by atoms with Crippen molar-refractivity contribution in [3.8, 4) is 0 Å². The molecule has 1 saturated heterocycles. The molecule has 0 spiro atoms. The fourth-order valence-electron chi connectivity index (χ4n) is 2.63. The number of nitrogens with one attached hydrogen (secondary N) is 2. The second-order valence-corrected chi connectivity index (χ2v) is 7.08. The fraction of sp³-hybridized carbons (Fsp3) is 0.625. The second kappa shape index (κ2) is 8.17. The molecule has 1 aliphatic heterocycles. The molecule has 122 valence electrons. The van der Waals surface area contributed by atoms with Crippen LogP contribution in [0, 0.1) is 11.8 Å². The smallest absolute Gasteiger partial charge is 0.317 e. The van der Waals surface area contributed by atoms with E-state index in [2.05, 4.69) is 24.5 Å². The minimum Gasteiger partial charge on any atom is -0.338 e. The van der Waals surface area contributed by atoms with Crippen LogP contribution in [0.1, 0.15) is 33.1 Å². The van der Waals surface area contributed by atoms with E-state index in [-0.39, 0.29) is 17.9 Å². The summed E-state index contributed by atoms with van der Waals surface area (Å²) >= 11 is 1.56. The zero-order chi connectivity index (χ0) is 15.9. The van der Waals surface area contributed by atoms with Gasteiger partial charge in [0.05, 0.1) is 5.69 Å². The lowest BCUT2D eigenvalue weighted by Gasteiger charge is -2.32. The Hall–Kier alpha value is -1.56. The third-order valence-corrected chi connectivity index (χ3v) is 4.43. The minimum absolute atomic E-state index is 0.00311. The van der Waals surface area contributed by atoms with Crippen LogP contribution in [0.2, 0.25) is 0 Å². The molecule has 1 fully saturated rings. The molecule has 0 saturated carbocycles. The maximum Gasteiger partial charge on any atom is 0.317 e. The van der Waals surface area contributed by atoms with Gasteiger partial charge in [0.15, 0.2) is 0 Å². The van der Waals surface area contributed by atoms with Crippen molar-refractivity contribution in [1.29, 1.82) is 0 Å². The first-order valence-corrected chi connectivity index (χ1v) is 8.83. The number of anilines is 1. The van der Waals surface area contributed by atoms with Crippen molar-refractivity contribution in [2.75, 3.05) is 25.0 Å². The fourth-order valence-corrected chi connectivity index (χ4v) is 3.22. The van der Waals surface area contributed by atoms with Crippen molar-refractivity contribution in [3.63, 3.8) is 0 Å². The molecule has 1 aromatic rings. The van der Waals surface area contributed by atoms with Gasteiger partial charge in [0.1, 0.15) is 0 Å². The summed E-state index contributed by atoms with van der Waals surface area (Å²) < 4.78 is 0. The Morgan fingerprint density at radius 2 is 2.27 bits per heavy atom. The lowest BCUT2D eigenvalue weighted by molar-refractivity contribution is -0.117. The highest BCUT2D eigenvalue weighted by atomic mass is 32.1. The second-order valence-electron chi connectivity index (χ2n) is 6.30. The number of carbonyl (C=O) groups excluding carboxylic acids is 2. The number of hydrogen-bond acceptors (Lipinski definition) is 3. The number of piperidine rings is 1. The van der Waals surface area contributed by atoms with Gasteiger partial charge in [0.25, 0.3) is 0 Å². The molecule has 1 atom stereocenters. The molecule has 22 heavy (non-hydrogen) atoms. The van der Waals surface area contributed by atoms with Crippen LogP contribution in [0.15, 0.2) is 16.8 Å². The van der Waals surface area contributed by atoms with Crippen molar-refractivity contribution in [2.45, 2.75) is 33.1 Å². The SMILES string of the molecule is CC(C)CNC(=O)N1CCC[C@@H](CC(=O)Nc2ccsc2)C1. The molecule has 1 aliphatic rings. The first kappa shape index (κ1) is 16.8. The third kappa shape index (κ3) is 5.33. The Kier molecular flexibility index (Phi) is 6.24. The van der Waals surface area contributed by atoms with E-state index in [9.17, 15) is 9.59 Å². The van der Waals surface area contributed by atoms with E-state index < -0.39 is 0 Å². The Labute approximate surface area is 136 Å². The van der Waals surface area contributed by atoms with Gasteiger partial charge in [-0.3, -0.25) is 4.79 Å². The number of urea groups is 1. The molecule has 2 heterocycles. The van der Waals surface area contributed by atoms with E-state index >= 15 is 0 Å². The van der Waals surface area contributed by atoms with Crippen LogP contribution in [-0.2, 0) is 4.79 Å². The van der Waals surface area contributed by atoms with Crippen molar-refractivity contribution in [2.24, 2.45) is 11.8 Å². The minimum atomic E-state index is -0.00311. The highest BCUT2D eigenvalue weighted by Gasteiger charge is 2.25. The summed E-state index contributed by atoms with van der Waals surface area (Å²) in [5.41, 5.74) is 0.859. The standard InChI is InChI=1S/C16H25N3O2S/c1-12(2)9-17-16(21)19-6-3-4-13(10-19)8-15(20)18-14-5-7-22-11-14/h5,7,11-13H,3-4,6,8-10H2,1-2H3,(H,17,21)(H,18,20)/t13-/m0/s1. The maximum absolute atomic E-state index is 12.1. The van der Waals surface area contributed by atoms with Crippen LogP contribution in [0.5, 0.6) is 0 Å². The van der Waals surface area contributed by atoms with Crippen LogP contribution in [-0.4, -0.2) is 36.5 Å². The van der Waals surface area contributed by atoms with Crippen LogP contribution in [0.4, 0.5) is 10.5 Å². The molecule has 6 heteroatoms. The van der Waals surface area contributed by atoms with Crippen LogP contribution in [0.25, 0.3) is 0 Å². The monoisotopic (exact) mass is 323 g/mol. The predicted molar refractivity (Wildman–Crippen MR) is 90.1 cm³/mol. The quantitative estimate of drug-likeness (QED) is 0.874. The molecule has 0 unspecified atom stereocenters. The van der Waals surface area contributed by atoms with Gasteiger partial charge < -0.3 is 15.5 Å². The zero-order valence-corrected chi connectivity index (χ0v) is 14.1. The van der Waals surface area contributed by atoms with Gasteiger partial charge in [-0.05, 0) is 36.1 Å². The van der Waals surface area contributed by atoms with Gasteiger partial charge in [-0.1, -0.05) is 13.8 Å². The first-order chi connectivity index (χ1) is 10.5. The molecule has 0 bridgehead atoms. The molecule has 2 N–H and O–H groups in total. The zero-order valence-electron chi connectivity index (χ0n) is 13.3. The summed E-state index contributed by atoms with van der Waals surface area (Å²) in [7, 11) is 0. The number of likely N-dealkylation sites (tertiary alicyclic amines) is 1. The molecular formula is C16H25N3O2S. The summed E-state index contributed by atoms with van der Waals surface area (Å²) in [4.78, 5) is 26.0. The lowest BCUT2D eigenvalue weighted by atomic mass is 9.94. The van der Waals surface area contributed by atoms with E-state index in [1.807, 2.05) is 21.7 Å². The van der Waals surface area contributed by atoms with Crippen LogP contribution >= 0.6 is 11.3 Å². The molecular weight excluding hydrogens is 298 g/mol. The third-order valence-electron chi connectivity index (χ3n) is 3.75. The number of rotatable bonds is 5. The van der Waals surface area contributed by atoms with Gasteiger partial charge in [0.2, 0.25) is 5.91 Å². The highest BCUT2D eigenvalue weighted by molar-refractivity contribution is 7.08. The normalized spacial score (nSPS) is 18.3. The van der Waals surface area contributed by atoms with Crippen molar-refractivity contribution in [1.82, 2.24) is 10.2 Å². The largest absolute Gasteiger partial charge is 0.338 e. The van der Waals surface area contributed by atoms with Gasteiger partial charge in [-0.15, -0.1) is 0 Å². The molecule has 3 amide bonds. The Morgan fingerprint density at radius 1 is 1.45 bits per heavy atom. The van der Waals surface area contributed by atoms with Gasteiger partial charge in [0, 0.05) is 31.4 Å². The van der Waals surface area contributed by atoms with E-state index in [1.165, 1.54) is 0 Å². The Morgan fingerprint density at radius 3 is 2.95 bits per heavy atom. The average Bonchev–Trinajstić information content (AvgIpc) is 2.97. The molecule has 0 aromatic carbocycles.